The van der Waals surface area contributed by atoms with Crippen molar-refractivity contribution >= 4 is 21.4 Å². The summed E-state index contributed by atoms with van der Waals surface area (Å²) in [5.41, 5.74) is 2.30. The summed E-state index contributed by atoms with van der Waals surface area (Å²) in [5, 5.41) is 12.2. The molecule has 3 nitrogen and oxygen atoms in total. The van der Waals surface area contributed by atoms with E-state index in [0.717, 1.165) is 16.6 Å². The smallest absolute Gasteiger partial charge is 0.166 e. The van der Waals surface area contributed by atoms with Crippen molar-refractivity contribution in [3.8, 4) is 17.3 Å². The van der Waals surface area contributed by atoms with Crippen molar-refractivity contribution in [1.29, 1.82) is 5.26 Å². The Morgan fingerprint density at radius 3 is 3.06 bits per heavy atom. The fraction of sp³-hybridized carbons (Fsp3) is 0. The minimum atomic E-state index is 0.448. The molecule has 4 heteroatoms. The Labute approximate surface area is 96.0 Å². The summed E-state index contributed by atoms with van der Waals surface area (Å²) in [5.74, 6) is 0. The van der Waals surface area contributed by atoms with Gasteiger partial charge in [0.1, 0.15) is 6.07 Å². The fourth-order valence-electron chi connectivity index (χ4n) is 1.76. The van der Waals surface area contributed by atoms with Crippen molar-refractivity contribution in [2.45, 2.75) is 0 Å². The van der Waals surface area contributed by atoms with Crippen LogP contribution in [-0.4, -0.2) is 9.97 Å². The first-order chi connectivity index (χ1) is 7.90. The van der Waals surface area contributed by atoms with Gasteiger partial charge in [0, 0.05) is 21.0 Å². The number of benzene rings is 1. The molecule has 1 N–H and O–H groups in total. The van der Waals surface area contributed by atoms with Gasteiger partial charge in [-0.2, -0.15) is 5.26 Å². The van der Waals surface area contributed by atoms with Gasteiger partial charge in [-0.15, -0.1) is 11.3 Å². The molecule has 0 aliphatic heterocycles. The fourth-order valence-corrected chi connectivity index (χ4v) is 2.71. The highest BCUT2D eigenvalue weighted by atomic mass is 32.1. The first kappa shape index (κ1) is 9.13. The normalized spacial score (nSPS) is 10.4. The van der Waals surface area contributed by atoms with Crippen LogP contribution in [0.3, 0.4) is 0 Å². The van der Waals surface area contributed by atoms with E-state index in [0.29, 0.717) is 5.69 Å². The first-order valence-corrected chi connectivity index (χ1v) is 5.68. The monoisotopic (exact) mass is 225 g/mol. The summed E-state index contributed by atoms with van der Waals surface area (Å²) < 4.78 is 1.22. The molecule has 0 saturated carbocycles. The van der Waals surface area contributed by atoms with E-state index in [9.17, 15) is 0 Å². The molecule has 0 amide bonds. The number of imidazole rings is 1. The van der Waals surface area contributed by atoms with Gasteiger partial charge in [0.2, 0.25) is 0 Å². The molecule has 0 fully saturated rings. The molecule has 0 bridgehead atoms. The maximum absolute atomic E-state index is 8.95. The molecule has 0 aliphatic carbocycles. The van der Waals surface area contributed by atoms with Crippen molar-refractivity contribution in [2.75, 3.05) is 0 Å². The third-order valence-electron chi connectivity index (χ3n) is 2.50. The minimum Gasteiger partial charge on any atom is -0.343 e. The average molecular weight is 225 g/mol. The SMILES string of the molecule is N#Cc1nc[nH]c1-c1csc2ccccc12. The lowest BCUT2D eigenvalue weighted by atomic mass is 10.1. The third-order valence-corrected chi connectivity index (χ3v) is 3.46. The Morgan fingerprint density at radius 1 is 1.31 bits per heavy atom. The highest BCUT2D eigenvalue weighted by Gasteiger charge is 2.11. The van der Waals surface area contributed by atoms with E-state index in [1.165, 1.54) is 4.70 Å². The molecule has 3 rings (SSSR count). The molecule has 76 valence electrons. The predicted molar refractivity (Wildman–Crippen MR) is 64.1 cm³/mol. The van der Waals surface area contributed by atoms with Crippen molar-refractivity contribution in [3.05, 3.63) is 41.7 Å². The van der Waals surface area contributed by atoms with E-state index >= 15 is 0 Å². The number of nitrogens with zero attached hydrogens (tertiary/aromatic N) is 2. The van der Waals surface area contributed by atoms with Crippen LogP contribution in [0.1, 0.15) is 5.69 Å². The topological polar surface area (TPSA) is 52.5 Å². The predicted octanol–water partition coefficient (Wildman–Crippen LogP) is 3.16. The molecule has 0 unspecified atom stereocenters. The molecule has 0 saturated heterocycles. The molecular formula is C12H7N3S. The quantitative estimate of drug-likeness (QED) is 0.691. The Kier molecular flexibility index (Phi) is 1.98. The van der Waals surface area contributed by atoms with Gasteiger partial charge in [-0.25, -0.2) is 4.98 Å². The number of aromatic amines is 1. The maximum atomic E-state index is 8.95. The number of nitriles is 1. The van der Waals surface area contributed by atoms with Crippen LogP contribution in [0.5, 0.6) is 0 Å². The standard InChI is InChI=1S/C12H7N3S/c13-5-10-12(15-7-14-10)9-6-16-11-4-2-1-3-8(9)11/h1-4,6-7H,(H,14,15). The molecule has 0 aliphatic rings. The van der Waals surface area contributed by atoms with Crippen LogP contribution >= 0.6 is 11.3 Å². The van der Waals surface area contributed by atoms with Crippen LogP contribution in [-0.2, 0) is 0 Å². The van der Waals surface area contributed by atoms with E-state index in [1.807, 2.05) is 12.1 Å². The number of hydrogen-bond donors (Lipinski definition) is 1. The van der Waals surface area contributed by atoms with Gasteiger partial charge in [0.15, 0.2) is 5.69 Å². The number of hydrogen-bond acceptors (Lipinski definition) is 3. The number of rotatable bonds is 1. The van der Waals surface area contributed by atoms with E-state index in [-0.39, 0.29) is 0 Å². The summed E-state index contributed by atoms with van der Waals surface area (Å²) in [7, 11) is 0. The molecule has 16 heavy (non-hydrogen) atoms. The zero-order valence-corrected chi connectivity index (χ0v) is 9.08. The lowest BCUT2D eigenvalue weighted by molar-refractivity contribution is 1.29. The van der Waals surface area contributed by atoms with Crippen LogP contribution < -0.4 is 0 Å². The molecule has 0 spiro atoms. The van der Waals surface area contributed by atoms with Crippen LogP contribution in [0.4, 0.5) is 0 Å². The summed E-state index contributed by atoms with van der Waals surface area (Å²) in [6.45, 7) is 0. The average Bonchev–Trinajstić information content (AvgIpc) is 2.94. The highest BCUT2D eigenvalue weighted by molar-refractivity contribution is 7.17. The Balaban J connectivity index is 2.31. The van der Waals surface area contributed by atoms with Crippen molar-refractivity contribution < 1.29 is 0 Å². The Bertz CT molecular complexity index is 687. The number of thiophene rings is 1. The van der Waals surface area contributed by atoms with Gasteiger partial charge >= 0.3 is 0 Å². The second kappa shape index (κ2) is 3.47. The minimum absolute atomic E-state index is 0.448. The van der Waals surface area contributed by atoms with Crippen LogP contribution in [0.15, 0.2) is 36.0 Å². The van der Waals surface area contributed by atoms with E-state index in [2.05, 4.69) is 33.5 Å². The van der Waals surface area contributed by atoms with Gasteiger partial charge in [-0.1, -0.05) is 18.2 Å². The number of fused-ring (bicyclic) bond motifs is 1. The molecule has 0 radical (unpaired) electrons. The maximum Gasteiger partial charge on any atom is 0.166 e. The zero-order chi connectivity index (χ0) is 11.0. The Morgan fingerprint density at radius 2 is 2.19 bits per heavy atom. The van der Waals surface area contributed by atoms with Gasteiger partial charge < -0.3 is 4.98 Å². The van der Waals surface area contributed by atoms with Gasteiger partial charge in [0.25, 0.3) is 0 Å². The number of nitrogens with one attached hydrogen (secondary N) is 1. The summed E-state index contributed by atoms with van der Waals surface area (Å²) in [6.07, 6.45) is 1.56. The largest absolute Gasteiger partial charge is 0.343 e. The summed E-state index contributed by atoms with van der Waals surface area (Å²) >= 11 is 1.67. The van der Waals surface area contributed by atoms with Gasteiger partial charge in [0.05, 0.1) is 12.0 Å². The van der Waals surface area contributed by atoms with Crippen LogP contribution in [0, 0.1) is 11.3 Å². The highest BCUT2D eigenvalue weighted by Crippen LogP contribution is 2.33. The lowest BCUT2D eigenvalue weighted by Gasteiger charge is -1.95. The molecule has 0 atom stereocenters. The summed E-state index contributed by atoms with van der Waals surface area (Å²) in [4.78, 5) is 7.01. The van der Waals surface area contributed by atoms with E-state index in [1.54, 1.807) is 17.7 Å². The van der Waals surface area contributed by atoms with Gasteiger partial charge in [-0.05, 0) is 6.07 Å². The van der Waals surface area contributed by atoms with Crippen LogP contribution in [0.25, 0.3) is 21.3 Å². The van der Waals surface area contributed by atoms with E-state index in [4.69, 9.17) is 5.26 Å². The molecule has 2 aromatic heterocycles. The molecular weight excluding hydrogens is 218 g/mol. The van der Waals surface area contributed by atoms with E-state index < -0.39 is 0 Å². The Hall–Kier alpha value is -2.12. The van der Waals surface area contributed by atoms with Crippen molar-refractivity contribution in [3.63, 3.8) is 0 Å². The number of aromatic nitrogens is 2. The van der Waals surface area contributed by atoms with Crippen molar-refractivity contribution in [1.82, 2.24) is 9.97 Å². The van der Waals surface area contributed by atoms with Crippen molar-refractivity contribution in [2.24, 2.45) is 0 Å². The second-order valence-electron chi connectivity index (χ2n) is 3.38. The molecule has 3 aromatic rings. The third kappa shape index (κ3) is 1.23. The number of H-pyrrole nitrogens is 1. The molecule has 1 aromatic carbocycles. The molecule has 2 heterocycles. The summed E-state index contributed by atoms with van der Waals surface area (Å²) in [6, 6.07) is 10.2. The van der Waals surface area contributed by atoms with Crippen LogP contribution in [0.2, 0.25) is 0 Å². The second-order valence-corrected chi connectivity index (χ2v) is 4.29. The van der Waals surface area contributed by atoms with Gasteiger partial charge in [-0.3, -0.25) is 0 Å². The lowest BCUT2D eigenvalue weighted by Crippen LogP contribution is -1.80. The zero-order valence-electron chi connectivity index (χ0n) is 8.27. The first-order valence-electron chi connectivity index (χ1n) is 4.80.